The van der Waals surface area contributed by atoms with E-state index in [0.29, 0.717) is 10.9 Å². The summed E-state index contributed by atoms with van der Waals surface area (Å²) in [5, 5.41) is 3.59. The van der Waals surface area contributed by atoms with Gasteiger partial charge in [0.05, 0.1) is 10.6 Å². The summed E-state index contributed by atoms with van der Waals surface area (Å²) in [6.07, 6.45) is 3.51. The van der Waals surface area contributed by atoms with Gasteiger partial charge in [-0.25, -0.2) is 8.42 Å². The number of nitrogens with one attached hydrogen (secondary N) is 1. The molecule has 1 aliphatic carbocycles. The second-order valence-corrected chi connectivity index (χ2v) is 8.54. The molecule has 0 aromatic heterocycles. The quantitative estimate of drug-likeness (QED) is 0.908. The van der Waals surface area contributed by atoms with Crippen LogP contribution in [0.25, 0.3) is 0 Å². The highest BCUT2D eigenvalue weighted by Crippen LogP contribution is 2.47. The largest absolute Gasteiger partial charge is 0.313 e. The normalized spacial score (nSPS) is 27.0. The molecule has 1 aliphatic heterocycles. The van der Waals surface area contributed by atoms with Crippen molar-refractivity contribution in [3.8, 4) is 0 Å². The molecule has 1 heterocycles. The van der Waals surface area contributed by atoms with Crippen LogP contribution in [0, 0.1) is 5.41 Å². The fourth-order valence-electron chi connectivity index (χ4n) is 3.19. The lowest BCUT2D eigenvalue weighted by Gasteiger charge is -2.35. The van der Waals surface area contributed by atoms with Gasteiger partial charge in [0.1, 0.15) is 0 Å². The third-order valence-corrected chi connectivity index (χ3v) is 6.85. The monoisotopic (exact) mass is 293 g/mol. The van der Waals surface area contributed by atoms with E-state index in [0.717, 1.165) is 18.5 Å². The highest BCUT2D eigenvalue weighted by molar-refractivity contribution is 7.91. The van der Waals surface area contributed by atoms with Crippen LogP contribution >= 0.6 is 0 Å². The Morgan fingerprint density at radius 3 is 2.65 bits per heavy atom. The van der Waals surface area contributed by atoms with Crippen molar-refractivity contribution in [2.75, 3.05) is 12.3 Å². The molecule has 2 atom stereocenters. The predicted octanol–water partition coefficient (Wildman–Crippen LogP) is 2.73. The van der Waals surface area contributed by atoms with Crippen molar-refractivity contribution in [2.45, 2.75) is 50.0 Å². The molecule has 0 amide bonds. The standard InChI is InChI=1S/C16H23NO2S/c1-3-16(2,11-17-12-8-9-12)14-10-20(18,19)15-7-5-4-6-13(14)15/h4-7,12,14,17H,3,8-11H2,1-2H3. The van der Waals surface area contributed by atoms with Crippen molar-refractivity contribution >= 4 is 9.84 Å². The smallest absolute Gasteiger partial charge is 0.179 e. The minimum Gasteiger partial charge on any atom is -0.313 e. The topological polar surface area (TPSA) is 46.2 Å². The number of fused-ring (bicyclic) bond motifs is 1. The lowest BCUT2D eigenvalue weighted by molar-refractivity contribution is 0.244. The maximum atomic E-state index is 12.4. The van der Waals surface area contributed by atoms with Crippen LogP contribution in [0.2, 0.25) is 0 Å². The Morgan fingerprint density at radius 2 is 2.00 bits per heavy atom. The van der Waals surface area contributed by atoms with Gasteiger partial charge in [-0.3, -0.25) is 0 Å². The van der Waals surface area contributed by atoms with Crippen LogP contribution in [-0.4, -0.2) is 26.8 Å². The average Bonchev–Trinajstić information content (AvgIpc) is 3.22. The third-order valence-electron chi connectivity index (χ3n) is 5.04. The molecule has 1 saturated carbocycles. The third kappa shape index (κ3) is 2.40. The van der Waals surface area contributed by atoms with Crippen LogP contribution in [0.4, 0.5) is 0 Å². The first-order valence-electron chi connectivity index (χ1n) is 7.51. The second-order valence-electron chi connectivity index (χ2n) is 6.53. The second kappa shape index (κ2) is 4.85. The number of rotatable bonds is 5. The Balaban J connectivity index is 1.92. The zero-order valence-corrected chi connectivity index (χ0v) is 13.0. The highest BCUT2D eigenvalue weighted by Gasteiger charge is 2.44. The Labute approximate surface area is 121 Å². The summed E-state index contributed by atoms with van der Waals surface area (Å²) in [6, 6.07) is 8.20. The lowest BCUT2D eigenvalue weighted by Crippen LogP contribution is -2.38. The molecule has 2 unspecified atom stereocenters. The molecule has 1 aromatic carbocycles. The lowest BCUT2D eigenvalue weighted by atomic mass is 9.72. The molecule has 3 rings (SSSR count). The van der Waals surface area contributed by atoms with Crippen molar-refractivity contribution in [3.05, 3.63) is 29.8 Å². The summed E-state index contributed by atoms with van der Waals surface area (Å²) >= 11 is 0. The molecule has 1 aromatic rings. The summed E-state index contributed by atoms with van der Waals surface area (Å²) < 4.78 is 24.7. The Kier molecular flexibility index (Phi) is 3.41. The van der Waals surface area contributed by atoms with E-state index >= 15 is 0 Å². The summed E-state index contributed by atoms with van der Waals surface area (Å²) in [6.45, 7) is 5.30. The molecule has 0 spiro atoms. The first-order chi connectivity index (χ1) is 9.46. The fourth-order valence-corrected chi connectivity index (χ4v) is 5.24. The predicted molar refractivity (Wildman–Crippen MR) is 80.7 cm³/mol. The number of hydrogen-bond acceptors (Lipinski definition) is 3. The molecule has 1 N–H and O–H groups in total. The van der Waals surface area contributed by atoms with Crippen LogP contribution in [0.15, 0.2) is 29.2 Å². The molecular weight excluding hydrogens is 270 g/mol. The Hall–Kier alpha value is -0.870. The summed E-state index contributed by atoms with van der Waals surface area (Å²) in [5.41, 5.74) is 1.02. The maximum absolute atomic E-state index is 12.4. The molecule has 110 valence electrons. The summed E-state index contributed by atoms with van der Waals surface area (Å²) in [7, 11) is -3.10. The van der Waals surface area contributed by atoms with Crippen molar-refractivity contribution in [1.29, 1.82) is 0 Å². The Morgan fingerprint density at radius 1 is 1.30 bits per heavy atom. The van der Waals surface area contributed by atoms with Crippen molar-refractivity contribution in [3.63, 3.8) is 0 Å². The summed E-state index contributed by atoms with van der Waals surface area (Å²) in [4.78, 5) is 0.552. The number of benzene rings is 1. The van der Waals surface area contributed by atoms with Crippen LogP contribution in [0.1, 0.15) is 44.6 Å². The van der Waals surface area contributed by atoms with Gasteiger partial charge in [-0.2, -0.15) is 0 Å². The van der Waals surface area contributed by atoms with Gasteiger partial charge in [-0.1, -0.05) is 32.0 Å². The molecule has 4 heteroatoms. The zero-order valence-electron chi connectivity index (χ0n) is 12.2. The molecule has 3 nitrogen and oxygen atoms in total. The van der Waals surface area contributed by atoms with Gasteiger partial charge in [0, 0.05) is 18.5 Å². The average molecular weight is 293 g/mol. The van der Waals surface area contributed by atoms with E-state index in [1.54, 1.807) is 6.07 Å². The fraction of sp³-hybridized carbons (Fsp3) is 0.625. The van der Waals surface area contributed by atoms with Crippen molar-refractivity contribution in [1.82, 2.24) is 5.32 Å². The SMILES string of the molecule is CCC(C)(CNC1CC1)C1CS(=O)(=O)c2ccccc21. The van der Waals surface area contributed by atoms with Gasteiger partial charge in [0.15, 0.2) is 9.84 Å². The van der Waals surface area contributed by atoms with Crippen LogP contribution in [0.3, 0.4) is 0 Å². The van der Waals surface area contributed by atoms with Crippen molar-refractivity contribution < 1.29 is 8.42 Å². The highest BCUT2D eigenvalue weighted by atomic mass is 32.2. The van der Waals surface area contributed by atoms with E-state index in [1.165, 1.54) is 12.8 Å². The van der Waals surface area contributed by atoms with Gasteiger partial charge < -0.3 is 5.32 Å². The molecule has 0 radical (unpaired) electrons. The molecule has 2 aliphatic rings. The van der Waals surface area contributed by atoms with Crippen LogP contribution < -0.4 is 5.32 Å². The van der Waals surface area contributed by atoms with E-state index < -0.39 is 9.84 Å². The first kappa shape index (κ1) is 14.1. The van der Waals surface area contributed by atoms with E-state index in [1.807, 2.05) is 18.2 Å². The van der Waals surface area contributed by atoms with Crippen LogP contribution in [-0.2, 0) is 9.84 Å². The van der Waals surface area contributed by atoms with Gasteiger partial charge in [0.2, 0.25) is 0 Å². The van der Waals surface area contributed by atoms with E-state index in [2.05, 4.69) is 19.2 Å². The number of hydrogen-bond donors (Lipinski definition) is 1. The number of sulfone groups is 1. The van der Waals surface area contributed by atoms with Gasteiger partial charge >= 0.3 is 0 Å². The minimum absolute atomic E-state index is 0.00225. The van der Waals surface area contributed by atoms with E-state index in [4.69, 9.17) is 0 Å². The van der Waals surface area contributed by atoms with Gasteiger partial charge in [-0.15, -0.1) is 0 Å². The summed E-state index contributed by atoms with van der Waals surface area (Å²) in [5.74, 6) is 0.378. The zero-order chi connectivity index (χ0) is 14.4. The van der Waals surface area contributed by atoms with Crippen molar-refractivity contribution in [2.24, 2.45) is 5.41 Å². The Bertz CT molecular complexity index is 607. The molecule has 20 heavy (non-hydrogen) atoms. The molecule has 1 fully saturated rings. The molecule has 0 saturated heterocycles. The van der Waals surface area contributed by atoms with E-state index in [-0.39, 0.29) is 17.1 Å². The van der Waals surface area contributed by atoms with Gasteiger partial charge in [0.25, 0.3) is 0 Å². The maximum Gasteiger partial charge on any atom is 0.179 e. The van der Waals surface area contributed by atoms with Crippen LogP contribution in [0.5, 0.6) is 0 Å². The first-order valence-corrected chi connectivity index (χ1v) is 9.16. The van der Waals surface area contributed by atoms with E-state index in [9.17, 15) is 8.42 Å². The minimum atomic E-state index is -3.10. The van der Waals surface area contributed by atoms with Gasteiger partial charge in [-0.05, 0) is 36.3 Å². The molecular formula is C16H23NO2S. The molecule has 0 bridgehead atoms.